The Morgan fingerprint density at radius 1 is 0.833 bits per heavy atom. The Hall–Kier alpha value is -2.86. The summed E-state index contributed by atoms with van der Waals surface area (Å²) >= 11 is 0. The summed E-state index contributed by atoms with van der Waals surface area (Å²) in [4.78, 5) is 29.6. The average molecular weight is 407 g/mol. The van der Waals surface area contributed by atoms with E-state index in [-0.39, 0.29) is 17.7 Å². The molecule has 0 saturated carbocycles. The van der Waals surface area contributed by atoms with Gasteiger partial charge >= 0.3 is 0 Å². The number of piperidine rings is 1. The van der Waals surface area contributed by atoms with Crippen LogP contribution in [0.2, 0.25) is 0 Å². The Kier molecular flexibility index (Phi) is 6.64. The van der Waals surface area contributed by atoms with Gasteiger partial charge in [0.25, 0.3) is 0 Å². The lowest BCUT2D eigenvalue weighted by molar-refractivity contribution is -0.123. The highest BCUT2D eigenvalue weighted by Gasteiger charge is 2.27. The van der Waals surface area contributed by atoms with E-state index in [2.05, 4.69) is 32.6 Å². The van der Waals surface area contributed by atoms with Crippen LogP contribution >= 0.6 is 0 Å². The van der Waals surface area contributed by atoms with Crippen molar-refractivity contribution in [2.24, 2.45) is 5.92 Å². The number of para-hydroxylation sites is 1. The molecular weight excluding hydrogens is 376 g/mol. The minimum Gasteiger partial charge on any atom is -0.372 e. The van der Waals surface area contributed by atoms with Crippen LogP contribution in [-0.4, -0.2) is 49.4 Å². The maximum Gasteiger partial charge on any atom is 0.238 e. The average Bonchev–Trinajstić information content (AvgIpc) is 3.30. The summed E-state index contributed by atoms with van der Waals surface area (Å²) in [6.07, 6.45) is 4.27. The third kappa shape index (κ3) is 5.39. The number of hydrogen-bond donors (Lipinski definition) is 2. The number of likely N-dealkylation sites (tertiary alicyclic amines) is 1. The molecule has 4 rings (SSSR count). The molecule has 0 unspecified atom stereocenters. The van der Waals surface area contributed by atoms with Gasteiger partial charge in [-0.15, -0.1) is 0 Å². The minimum atomic E-state index is -0.0912. The molecule has 158 valence electrons. The number of rotatable bonds is 6. The van der Waals surface area contributed by atoms with Crippen LogP contribution in [0.15, 0.2) is 54.6 Å². The van der Waals surface area contributed by atoms with E-state index in [0.717, 1.165) is 43.9 Å². The number of anilines is 3. The first-order valence-corrected chi connectivity index (χ1v) is 10.9. The van der Waals surface area contributed by atoms with Crippen molar-refractivity contribution < 1.29 is 9.59 Å². The zero-order chi connectivity index (χ0) is 20.8. The molecule has 2 amide bonds. The van der Waals surface area contributed by atoms with Crippen molar-refractivity contribution in [3.05, 3.63) is 54.6 Å². The SMILES string of the molecule is O=C(CN1CCC[C@@H](C(=O)Nc2ccccc2)C1)Nc1ccc(N2CCCC2)cc1. The second-order valence-electron chi connectivity index (χ2n) is 8.22. The lowest BCUT2D eigenvalue weighted by Crippen LogP contribution is -2.43. The first-order valence-electron chi connectivity index (χ1n) is 10.9. The molecular formula is C24H30N4O2. The summed E-state index contributed by atoms with van der Waals surface area (Å²) in [7, 11) is 0. The number of nitrogens with one attached hydrogen (secondary N) is 2. The fourth-order valence-corrected chi connectivity index (χ4v) is 4.31. The van der Waals surface area contributed by atoms with E-state index in [4.69, 9.17) is 0 Å². The monoisotopic (exact) mass is 406 g/mol. The summed E-state index contributed by atoms with van der Waals surface area (Å²) < 4.78 is 0. The van der Waals surface area contributed by atoms with Crippen LogP contribution in [0.3, 0.4) is 0 Å². The molecule has 2 heterocycles. The minimum absolute atomic E-state index is 0.0313. The molecule has 0 spiro atoms. The highest BCUT2D eigenvalue weighted by molar-refractivity contribution is 5.93. The maximum atomic E-state index is 12.6. The number of hydrogen-bond acceptors (Lipinski definition) is 4. The van der Waals surface area contributed by atoms with Crippen molar-refractivity contribution in [3.8, 4) is 0 Å². The fourth-order valence-electron chi connectivity index (χ4n) is 4.31. The normalized spacial score (nSPS) is 19.5. The Bertz CT molecular complexity index is 847. The summed E-state index contributed by atoms with van der Waals surface area (Å²) in [5.74, 6) is -0.0941. The van der Waals surface area contributed by atoms with Gasteiger partial charge in [-0.2, -0.15) is 0 Å². The predicted molar refractivity (Wildman–Crippen MR) is 121 cm³/mol. The van der Waals surface area contributed by atoms with Crippen molar-refractivity contribution in [1.82, 2.24) is 4.90 Å². The van der Waals surface area contributed by atoms with Crippen LogP contribution in [0.5, 0.6) is 0 Å². The molecule has 0 aliphatic carbocycles. The first-order chi connectivity index (χ1) is 14.7. The van der Waals surface area contributed by atoms with Crippen molar-refractivity contribution in [3.63, 3.8) is 0 Å². The lowest BCUT2D eigenvalue weighted by Gasteiger charge is -2.31. The Morgan fingerprint density at radius 3 is 2.27 bits per heavy atom. The van der Waals surface area contributed by atoms with Gasteiger partial charge in [-0.05, 0) is 68.6 Å². The molecule has 0 aromatic heterocycles. The zero-order valence-corrected chi connectivity index (χ0v) is 17.3. The Morgan fingerprint density at radius 2 is 1.53 bits per heavy atom. The summed E-state index contributed by atoms with van der Waals surface area (Å²) in [5, 5.41) is 5.97. The molecule has 1 atom stereocenters. The third-order valence-corrected chi connectivity index (χ3v) is 5.91. The van der Waals surface area contributed by atoms with Crippen molar-refractivity contribution in [2.45, 2.75) is 25.7 Å². The molecule has 2 N–H and O–H groups in total. The van der Waals surface area contributed by atoms with Gasteiger partial charge < -0.3 is 15.5 Å². The van der Waals surface area contributed by atoms with Crippen LogP contribution in [0, 0.1) is 5.92 Å². The standard InChI is InChI=1S/C24H30N4O2/c29-23(25-21-10-12-22(13-11-21)28-15-4-5-16-28)18-27-14-6-7-19(17-27)24(30)26-20-8-2-1-3-9-20/h1-3,8-13,19H,4-7,14-18H2,(H,25,29)(H,26,30)/t19-/m1/s1. The van der Waals surface area contributed by atoms with E-state index >= 15 is 0 Å². The Labute approximate surface area is 178 Å². The Balaban J connectivity index is 1.26. The lowest BCUT2D eigenvalue weighted by atomic mass is 9.97. The van der Waals surface area contributed by atoms with Crippen molar-refractivity contribution in [1.29, 1.82) is 0 Å². The molecule has 2 saturated heterocycles. The van der Waals surface area contributed by atoms with Gasteiger partial charge in [0.15, 0.2) is 0 Å². The summed E-state index contributed by atoms with van der Waals surface area (Å²) in [6.45, 7) is 3.98. The van der Waals surface area contributed by atoms with Crippen LogP contribution in [0.25, 0.3) is 0 Å². The van der Waals surface area contributed by atoms with Gasteiger partial charge in [-0.25, -0.2) is 0 Å². The summed E-state index contributed by atoms with van der Waals surface area (Å²) in [6, 6.07) is 17.6. The van der Waals surface area contributed by atoms with Crippen molar-refractivity contribution in [2.75, 3.05) is 48.3 Å². The van der Waals surface area contributed by atoms with Gasteiger partial charge in [0.1, 0.15) is 0 Å². The molecule has 2 aromatic rings. The molecule has 0 radical (unpaired) electrons. The summed E-state index contributed by atoms with van der Waals surface area (Å²) in [5.41, 5.74) is 2.85. The fraction of sp³-hybridized carbons (Fsp3) is 0.417. The van der Waals surface area contributed by atoms with Gasteiger partial charge in [0, 0.05) is 36.7 Å². The van der Waals surface area contributed by atoms with Gasteiger partial charge in [-0.1, -0.05) is 18.2 Å². The van der Waals surface area contributed by atoms with Crippen LogP contribution in [0.1, 0.15) is 25.7 Å². The smallest absolute Gasteiger partial charge is 0.238 e. The highest BCUT2D eigenvalue weighted by Crippen LogP contribution is 2.22. The van der Waals surface area contributed by atoms with E-state index < -0.39 is 0 Å². The molecule has 2 aromatic carbocycles. The van der Waals surface area contributed by atoms with E-state index in [9.17, 15) is 9.59 Å². The molecule has 0 bridgehead atoms. The topological polar surface area (TPSA) is 64.7 Å². The number of nitrogens with zero attached hydrogens (tertiary/aromatic N) is 2. The number of carbonyl (C=O) groups is 2. The van der Waals surface area contributed by atoms with Crippen LogP contribution in [0.4, 0.5) is 17.1 Å². The predicted octanol–water partition coefficient (Wildman–Crippen LogP) is 3.58. The van der Waals surface area contributed by atoms with Crippen molar-refractivity contribution >= 4 is 28.9 Å². The molecule has 2 fully saturated rings. The van der Waals surface area contributed by atoms with Gasteiger partial charge in [-0.3, -0.25) is 14.5 Å². The van der Waals surface area contributed by atoms with E-state index in [1.165, 1.54) is 18.5 Å². The van der Waals surface area contributed by atoms with Crippen LogP contribution in [-0.2, 0) is 9.59 Å². The largest absolute Gasteiger partial charge is 0.372 e. The van der Waals surface area contributed by atoms with E-state index in [1.807, 2.05) is 42.5 Å². The van der Waals surface area contributed by atoms with E-state index in [1.54, 1.807) is 0 Å². The first kappa shape index (κ1) is 20.4. The molecule has 30 heavy (non-hydrogen) atoms. The second kappa shape index (κ2) is 9.76. The molecule has 6 nitrogen and oxygen atoms in total. The molecule has 2 aliphatic heterocycles. The van der Waals surface area contributed by atoms with E-state index in [0.29, 0.717) is 13.1 Å². The maximum absolute atomic E-state index is 12.6. The zero-order valence-electron chi connectivity index (χ0n) is 17.3. The van der Waals surface area contributed by atoms with Gasteiger partial charge in [0.05, 0.1) is 12.5 Å². The quantitative estimate of drug-likeness (QED) is 0.770. The number of carbonyl (C=O) groups excluding carboxylic acids is 2. The number of amides is 2. The second-order valence-corrected chi connectivity index (χ2v) is 8.22. The highest BCUT2D eigenvalue weighted by atomic mass is 16.2. The molecule has 6 heteroatoms. The van der Waals surface area contributed by atoms with Gasteiger partial charge in [0.2, 0.25) is 11.8 Å². The third-order valence-electron chi connectivity index (χ3n) is 5.91. The van der Waals surface area contributed by atoms with Crippen LogP contribution < -0.4 is 15.5 Å². The molecule has 2 aliphatic rings. The number of benzene rings is 2.